The zero-order valence-electron chi connectivity index (χ0n) is 13.3. The van der Waals surface area contributed by atoms with Crippen molar-refractivity contribution in [2.24, 2.45) is 5.92 Å². The summed E-state index contributed by atoms with van der Waals surface area (Å²) in [6.45, 7) is 7.49. The summed E-state index contributed by atoms with van der Waals surface area (Å²) in [5.41, 5.74) is 1.24. The van der Waals surface area contributed by atoms with Crippen molar-refractivity contribution in [2.75, 3.05) is 6.61 Å². The first kappa shape index (κ1) is 16.1. The first-order chi connectivity index (χ1) is 10.3. The number of nitrogens with one attached hydrogen (secondary N) is 1. The van der Waals surface area contributed by atoms with E-state index in [2.05, 4.69) is 31.0 Å². The average molecular weight is 287 g/mol. The number of rotatable bonds is 7. The van der Waals surface area contributed by atoms with Crippen molar-refractivity contribution in [1.29, 1.82) is 0 Å². The van der Waals surface area contributed by atoms with Gasteiger partial charge in [-0.3, -0.25) is 0 Å². The van der Waals surface area contributed by atoms with E-state index < -0.39 is 0 Å². The zero-order valence-corrected chi connectivity index (χ0v) is 13.3. The lowest BCUT2D eigenvalue weighted by Crippen LogP contribution is -2.33. The van der Waals surface area contributed by atoms with E-state index in [4.69, 9.17) is 4.74 Å². The maximum Gasteiger partial charge on any atom is 0.124 e. The third-order valence-electron chi connectivity index (χ3n) is 4.55. The van der Waals surface area contributed by atoms with Crippen LogP contribution in [0.1, 0.15) is 51.0 Å². The van der Waals surface area contributed by atoms with Crippen LogP contribution in [0.3, 0.4) is 0 Å². The second-order valence-corrected chi connectivity index (χ2v) is 6.13. The van der Waals surface area contributed by atoms with Crippen molar-refractivity contribution in [3.05, 3.63) is 42.5 Å². The first-order valence-corrected chi connectivity index (χ1v) is 8.36. The maximum atomic E-state index is 5.73. The van der Waals surface area contributed by atoms with Crippen LogP contribution < -0.4 is 10.1 Å². The smallest absolute Gasteiger partial charge is 0.124 e. The molecule has 1 N–H and O–H groups in total. The van der Waals surface area contributed by atoms with Crippen LogP contribution in [0.2, 0.25) is 0 Å². The van der Waals surface area contributed by atoms with E-state index in [9.17, 15) is 0 Å². The topological polar surface area (TPSA) is 21.3 Å². The van der Waals surface area contributed by atoms with Crippen molar-refractivity contribution in [1.82, 2.24) is 5.32 Å². The summed E-state index contributed by atoms with van der Waals surface area (Å²) in [4.78, 5) is 0. The van der Waals surface area contributed by atoms with Gasteiger partial charge in [-0.1, -0.05) is 56.5 Å². The van der Waals surface area contributed by atoms with Gasteiger partial charge in [-0.25, -0.2) is 0 Å². The molecule has 21 heavy (non-hydrogen) atoms. The van der Waals surface area contributed by atoms with E-state index >= 15 is 0 Å². The van der Waals surface area contributed by atoms with Gasteiger partial charge in [0.25, 0.3) is 0 Å². The Bertz CT molecular complexity index is 421. The molecule has 0 spiro atoms. The molecule has 2 nitrogen and oxygen atoms in total. The summed E-state index contributed by atoms with van der Waals surface area (Å²) < 4.78 is 5.73. The minimum absolute atomic E-state index is 0.565. The third kappa shape index (κ3) is 5.20. The van der Waals surface area contributed by atoms with E-state index in [0.29, 0.717) is 12.6 Å². The first-order valence-electron chi connectivity index (χ1n) is 8.36. The molecule has 1 saturated carbocycles. The third-order valence-corrected chi connectivity index (χ3v) is 4.55. The Hall–Kier alpha value is -1.28. The highest BCUT2D eigenvalue weighted by Gasteiger charge is 2.18. The Morgan fingerprint density at radius 3 is 2.67 bits per heavy atom. The van der Waals surface area contributed by atoms with Crippen molar-refractivity contribution < 1.29 is 4.74 Å². The Morgan fingerprint density at radius 1 is 1.24 bits per heavy atom. The largest absolute Gasteiger partial charge is 0.489 e. The number of para-hydroxylation sites is 1. The molecule has 1 aromatic carbocycles. The van der Waals surface area contributed by atoms with Gasteiger partial charge in [0, 0.05) is 18.2 Å². The minimum atomic E-state index is 0.565. The molecule has 116 valence electrons. The molecule has 1 fully saturated rings. The molecule has 1 aliphatic carbocycles. The van der Waals surface area contributed by atoms with Gasteiger partial charge < -0.3 is 10.1 Å². The number of ether oxygens (including phenoxy) is 1. The van der Waals surface area contributed by atoms with Crippen molar-refractivity contribution in [3.8, 4) is 5.75 Å². The summed E-state index contributed by atoms with van der Waals surface area (Å²) >= 11 is 0. The zero-order chi connectivity index (χ0) is 14.9. The molecule has 2 heteroatoms. The highest BCUT2D eigenvalue weighted by Crippen LogP contribution is 2.26. The lowest BCUT2D eigenvalue weighted by Gasteiger charge is -2.24. The fourth-order valence-corrected chi connectivity index (χ4v) is 3.19. The monoisotopic (exact) mass is 287 g/mol. The standard InChI is InChI=1S/C19H29NO/c1-3-14-21-19-13-9-8-12-18(19)15-20-16(2)17-10-6-4-5-7-11-17/h3,8-9,12-13,16-17,20H,1,4-7,10-11,14-15H2,2H3/t16-/m0/s1. The molecule has 0 bridgehead atoms. The molecule has 0 aliphatic heterocycles. The predicted octanol–water partition coefficient (Wildman–Crippen LogP) is 4.70. The normalized spacial score (nSPS) is 18.0. The van der Waals surface area contributed by atoms with Crippen LogP contribution >= 0.6 is 0 Å². The van der Waals surface area contributed by atoms with Gasteiger partial charge in [-0.15, -0.1) is 0 Å². The molecule has 1 aliphatic rings. The van der Waals surface area contributed by atoms with Crippen LogP contribution in [0.4, 0.5) is 0 Å². The van der Waals surface area contributed by atoms with E-state index in [-0.39, 0.29) is 0 Å². The summed E-state index contributed by atoms with van der Waals surface area (Å²) in [7, 11) is 0. The summed E-state index contributed by atoms with van der Waals surface area (Å²) in [5, 5.41) is 3.71. The second kappa shape index (κ2) is 8.89. The summed E-state index contributed by atoms with van der Waals surface area (Å²) in [6, 6.07) is 8.86. The molecule has 0 aromatic heterocycles. The molecule has 0 heterocycles. The molecule has 1 atom stereocenters. The van der Waals surface area contributed by atoms with E-state index in [1.165, 1.54) is 44.1 Å². The van der Waals surface area contributed by atoms with Crippen molar-refractivity contribution in [2.45, 2.75) is 58.0 Å². The van der Waals surface area contributed by atoms with E-state index in [1.807, 2.05) is 12.1 Å². The van der Waals surface area contributed by atoms with Gasteiger partial charge in [0.15, 0.2) is 0 Å². The SMILES string of the molecule is C=CCOc1ccccc1CN[C@@H](C)C1CCCCCC1. The van der Waals surface area contributed by atoms with Gasteiger partial charge in [-0.2, -0.15) is 0 Å². The quantitative estimate of drug-likeness (QED) is 0.580. The molecule has 0 saturated heterocycles. The lowest BCUT2D eigenvalue weighted by atomic mass is 9.93. The fourth-order valence-electron chi connectivity index (χ4n) is 3.19. The molecule has 1 aromatic rings. The van der Waals surface area contributed by atoms with E-state index in [0.717, 1.165) is 18.2 Å². The number of hydrogen-bond acceptors (Lipinski definition) is 2. The molecule has 2 rings (SSSR count). The molecular formula is C19H29NO. The van der Waals surface area contributed by atoms with Gasteiger partial charge >= 0.3 is 0 Å². The van der Waals surface area contributed by atoms with Crippen molar-refractivity contribution in [3.63, 3.8) is 0 Å². The summed E-state index contributed by atoms with van der Waals surface area (Å²) in [6.07, 6.45) is 10.2. The van der Waals surface area contributed by atoms with Crippen molar-refractivity contribution >= 4 is 0 Å². The summed E-state index contributed by atoms with van der Waals surface area (Å²) in [5.74, 6) is 1.80. The fraction of sp³-hybridized carbons (Fsp3) is 0.579. The van der Waals surface area contributed by atoms with Crippen LogP contribution in [0.25, 0.3) is 0 Å². The Kier molecular flexibility index (Phi) is 6.81. The second-order valence-electron chi connectivity index (χ2n) is 6.13. The number of benzene rings is 1. The highest BCUT2D eigenvalue weighted by atomic mass is 16.5. The molecular weight excluding hydrogens is 258 g/mol. The lowest BCUT2D eigenvalue weighted by molar-refractivity contribution is 0.329. The number of hydrogen-bond donors (Lipinski definition) is 1. The average Bonchev–Trinajstić information content (AvgIpc) is 2.80. The van der Waals surface area contributed by atoms with Crippen LogP contribution in [-0.2, 0) is 6.54 Å². The Balaban J connectivity index is 1.87. The molecule has 0 radical (unpaired) electrons. The van der Waals surface area contributed by atoms with Gasteiger partial charge in [0.2, 0.25) is 0 Å². The Labute approximate surface area is 129 Å². The van der Waals surface area contributed by atoms with Crippen LogP contribution in [0, 0.1) is 5.92 Å². The Morgan fingerprint density at radius 2 is 1.95 bits per heavy atom. The van der Waals surface area contributed by atoms with Crippen LogP contribution in [-0.4, -0.2) is 12.6 Å². The van der Waals surface area contributed by atoms with Gasteiger partial charge in [0.05, 0.1) is 0 Å². The maximum absolute atomic E-state index is 5.73. The van der Waals surface area contributed by atoms with Gasteiger partial charge in [-0.05, 0) is 31.7 Å². The minimum Gasteiger partial charge on any atom is -0.489 e. The predicted molar refractivity (Wildman–Crippen MR) is 89.6 cm³/mol. The highest BCUT2D eigenvalue weighted by molar-refractivity contribution is 5.33. The molecule has 0 amide bonds. The molecule has 0 unspecified atom stereocenters. The van der Waals surface area contributed by atoms with Crippen LogP contribution in [0.5, 0.6) is 5.75 Å². The van der Waals surface area contributed by atoms with E-state index in [1.54, 1.807) is 6.08 Å². The van der Waals surface area contributed by atoms with Crippen LogP contribution in [0.15, 0.2) is 36.9 Å². The van der Waals surface area contributed by atoms with Gasteiger partial charge in [0.1, 0.15) is 12.4 Å².